The van der Waals surface area contributed by atoms with Crippen LogP contribution in [0.4, 0.5) is 13.2 Å². The summed E-state index contributed by atoms with van der Waals surface area (Å²) in [6.45, 7) is 2.06. The van der Waals surface area contributed by atoms with Crippen molar-refractivity contribution in [2.75, 3.05) is 0 Å². The van der Waals surface area contributed by atoms with E-state index in [0.717, 1.165) is 31.4 Å². The van der Waals surface area contributed by atoms with Crippen LogP contribution < -0.4 is 0 Å². The second kappa shape index (κ2) is 6.17. The lowest BCUT2D eigenvalue weighted by atomic mass is 9.85. The summed E-state index contributed by atoms with van der Waals surface area (Å²) in [6.07, 6.45) is 1.28. The van der Waals surface area contributed by atoms with E-state index >= 15 is 0 Å². The molecule has 0 N–H and O–H groups in total. The van der Waals surface area contributed by atoms with E-state index in [9.17, 15) is 18.0 Å². The van der Waals surface area contributed by atoms with Crippen LogP contribution in [-0.2, 0) is 17.4 Å². The average Bonchev–Trinajstić information content (AvgIpc) is 2.82. The summed E-state index contributed by atoms with van der Waals surface area (Å²) in [5, 5.41) is 0. The number of hydrogen-bond acceptors (Lipinski definition) is 1. The van der Waals surface area contributed by atoms with E-state index in [1.165, 1.54) is 18.9 Å². The van der Waals surface area contributed by atoms with E-state index < -0.39 is 11.7 Å². The first-order valence-corrected chi connectivity index (χ1v) is 8.33. The first-order chi connectivity index (χ1) is 10.9. The zero-order valence-corrected chi connectivity index (χ0v) is 13.3. The maximum absolute atomic E-state index is 12.8. The third-order valence-corrected chi connectivity index (χ3v) is 5.24. The maximum atomic E-state index is 12.8. The molecule has 0 radical (unpaired) electrons. The molecule has 0 bridgehead atoms. The zero-order valence-electron chi connectivity index (χ0n) is 13.3. The number of carbonyl (C=O) groups excluding carboxylic acids is 1. The molecule has 3 atom stereocenters. The molecule has 1 aliphatic heterocycles. The van der Waals surface area contributed by atoms with Gasteiger partial charge >= 0.3 is 6.18 Å². The third kappa shape index (κ3) is 3.38. The van der Waals surface area contributed by atoms with Gasteiger partial charge in [0.15, 0.2) is 0 Å². The van der Waals surface area contributed by atoms with Crippen molar-refractivity contribution in [3.05, 3.63) is 35.4 Å². The Bertz CT molecular complexity index is 584. The third-order valence-electron chi connectivity index (χ3n) is 5.24. The molecule has 2 aliphatic rings. The second-order valence-corrected chi connectivity index (χ2v) is 6.87. The maximum Gasteiger partial charge on any atom is 0.416 e. The van der Waals surface area contributed by atoms with Crippen molar-refractivity contribution in [1.29, 1.82) is 0 Å². The number of hydrogen-bond donors (Lipinski definition) is 0. The first-order valence-electron chi connectivity index (χ1n) is 8.33. The van der Waals surface area contributed by atoms with Crippen LogP contribution in [0.15, 0.2) is 24.3 Å². The number of nitrogens with zero attached hydrogens (tertiary/aromatic N) is 1. The lowest BCUT2D eigenvalue weighted by molar-refractivity contribution is -0.138. The molecule has 3 unspecified atom stereocenters. The Balaban J connectivity index is 1.74. The molecule has 126 valence electrons. The predicted molar refractivity (Wildman–Crippen MR) is 81.8 cm³/mol. The SMILES string of the molecule is CC1CC2CCCCC2N1C(=O)Cc1cccc(C(F)(F)F)c1. The molecule has 5 heteroatoms. The fourth-order valence-electron chi connectivity index (χ4n) is 4.26. The molecule has 1 aromatic carbocycles. The number of benzene rings is 1. The molecule has 1 saturated carbocycles. The van der Waals surface area contributed by atoms with Crippen molar-refractivity contribution in [3.63, 3.8) is 0 Å². The van der Waals surface area contributed by atoms with Crippen LogP contribution in [0.25, 0.3) is 0 Å². The topological polar surface area (TPSA) is 20.3 Å². The van der Waals surface area contributed by atoms with E-state index in [1.807, 2.05) is 4.90 Å². The number of rotatable bonds is 2. The van der Waals surface area contributed by atoms with Crippen LogP contribution in [0.5, 0.6) is 0 Å². The number of alkyl halides is 3. The van der Waals surface area contributed by atoms with E-state index in [4.69, 9.17) is 0 Å². The van der Waals surface area contributed by atoms with Gasteiger partial charge in [-0.2, -0.15) is 13.2 Å². The highest BCUT2D eigenvalue weighted by Gasteiger charge is 2.42. The molecule has 1 aromatic rings. The highest BCUT2D eigenvalue weighted by Crippen LogP contribution is 2.40. The molecule has 1 amide bonds. The van der Waals surface area contributed by atoms with E-state index in [0.29, 0.717) is 11.5 Å². The predicted octanol–water partition coefficient (Wildman–Crippen LogP) is 4.43. The number of likely N-dealkylation sites (tertiary alicyclic amines) is 1. The highest BCUT2D eigenvalue weighted by molar-refractivity contribution is 5.80. The van der Waals surface area contributed by atoms with Gasteiger partial charge in [0.05, 0.1) is 12.0 Å². The van der Waals surface area contributed by atoms with Crippen molar-refractivity contribution < 1.29 is 18.0 Å². The molecular formula is C18H22F3NO. The molecule has 23 heavy (non-hydrogen) atoms. The van der Waals surface area contributed by atoms with Crippen LogP contribution >= 0.6 is 0 Å². The Morgan fingerprint density at radius 3 is 2.74 bits per heavy atom. The number of amides is 1. The molecule has 0 spiro atoms. The van der Waals surface area contributed by atoms with Crippen LogP contribution in [0.1, 0.15) is 50.2 Å². The molecule has 1 aliphatic carbocycles. The summed E-state index contributed by atoms with van der Waals surface area (Å²) in [5.41, 5.74) is -0.246. The lowest BCUT2D eigenvalue weighted by Gasteiger charge is -2.33. The standard InChI is InChI=1S/C18H22F3NO/c1-12-9-14-6-2-3-8-16(14)22(12)17(23)11-13-5-4-7-15(10-13)18(19,20)21/h4-5,7,10,12,14,16H,2-3,6,8-9,11H2,1H3. The molecule has 2 fully saturated rings. The van der Waals surface area contributed by atoms with Gasteiger partial charge in [-0.3, -0.25) is 4.79 Å². The molecular weight excluding hydrogens is 303 g/mol. The average molecular weight is 325 g/mol. The summed E-state index contributed by atoms with van der Waals surface area (Å²) in [7, 11) is 0. The lowest BCUT2D eigenvalue weighted by Crippen LogP contribution is -2.43. The van der Waals surface area contributed by atoms with Gasteiger partial charge in [0, 0.05) is 12.1 Å². The zero-order chi connectivity index (χ0) is 16.6. The number of carbonyl (C=O) groups is 1. The van der Waals surface area contributed by atoms with Gasteiger partial charge in [-0.15, -0.1) is 0 Å². The Morgan fingerprint density at radius 2 is 2.00 bits per heavy atom. The Labute approximate surface area is 134 Å². The van der Waals surface area contributed by atoms with Crippen LogP contribution in [0.3, 0.4) is 0 Å². The van der Waals surface area contributed by atoms with Gasteiger partial charge in [-0.05, 0) is 43.7 Å². The van der Waals surface area contributed by atoms with Gasteiger partial charge in [0.25, 0.3) is 0 Å². The largest absolute Gasteiger partial charge is 0.416 e. The summed E-state index contributed by atoms with van der Waals surface area (Å²) >= 11 is 0. The van der Waals surface area contributed by atoms with Crippen LogP contribution in [0.2, 0.25) is 0 Å². The minimum atomic E-state index is -4.37. The van der Waals surface area contributed by atoms with Gasteiger partial charge in [0.1, 0.15) is 0 Å². The Kier molecular flexibility index (Phi) is 4.39. The minimum absolute atomic E-state index is 0.0359. The van der Waals surface area contributed by atoms with E-state index in [1.54, 1.807) is 6.07 Å². The van der Waals surface area contributed by atoms with E-state index in [-0.39, 0.29) is 24.4 Å². The van der Waals surface area contributed by atoms with Gasteiger partial charge in [-0.1, -0.05) is 31.0 Å². The molecule has 0 aromatic heterocycles. The summed E-state index contributed by atoms with van der Waals surface area (Å²) in [4.78, 5) is 14.6. The van der Waals surface area contributed by atoms with Crippen LogP contribution in [-0.4, -0.2) is 22.9 Å². The summed E-state index contributed by atoms with van der Waals surface area (Å²) in [6, 6.07) is 5.60. The quantitative estimate of drug-likeness (QED) is 0.788. The van der Waals surface area contributed by atoms with Crippen molar-refractivity contribution in [2.24, 2.45) is 5.92 Å². The van der Waals surface area contributed by atoms with Crippen molar-refractivity contribution >= 4 is 5.91 Å². The van der Waals surface area contributed by atoms with Crippen LogP contribution in [0, 0.1) is 5.92 Å². The summed E-state index contributed by atoms with van der Waals surface area (Å²) < 4.78 is 38.4. The second-order valence-electron chi connectivity index (χ2n) is 6.87. The molecule has 2 nitrogen and oxygen atoms in total. The van der Waals surface area contributed by atoms with E-state index in [2.05, 4.69) is 6.92 Å². The minimum Gasteiger partial charge on any atom is -0.336 e. The van der Waals surface area contributed by atoms with Crippen molar-refractivity contribution in [2.45, 2.75) is 63.7 Å². The first kappa shape index (κ1) is 16.3. The number of fused-ring (bicyclic) bond motifs is 1. The monoisotopic (exact) mass is 325 g/mol. The fourth-order valence-corrected chi connectivity index (χ4v) is 4.26. The molecule has 1 saturated heterocycles. The number of halogens is 3. The fraction of sp³-hybridized carbons (Fsp3) is 0.611. The summed E-state index contributed by atoms with van der Waals surface area (Å²) in [5.74, 6) is 0.537. The molecule has 3 rings (SSSR count). The van der Waals surface area contributed by atoms with Crippen molar-refractivity contribution in [3.8, 4) is 0 Å². The van der Waals surface area contributed by atoms with Gasteiger partial charge in [-0.25, -0.2) is 0 Å². The highest BCUT2D eigenvalue weighted by atomic mass is 19.4. The Morgan fingerprint density at radius 1 is 1.26 bits per heavy atom. The molecule has 1 heterocycles. The Hall–Kier alpha value is -1.52. The smallest absolute Gasteiger partial charge is 0.336 e. The van der Waals surface area contributed by atoms with Gasteiger partial charge < -0.3 is 4.90 Å². The normalized spacial score (nSPS) is 27.8. The van der Waals surface area contributed by atoms with Crippen molar-refractivity contribution in [1.82, 2.24) is 4.90 Å². The van der Waals surface area contributed by atoms with Gasteiger partial charge in [0.2, 0.25) is 5.91 Å².